The molecule has 24 heavy (non-hydrogen) atoms. The average Bonchev–Trinajstić information content (AvgIpc) is 2.96. The topological polar surface area (TPSA) is 41.3 Å². The monoisotopic (exact) mass is 347 g/mol. The zero-order chi connectivity index (χ0) is 17.3. The van der Waals surface area contributed by atoms with Crippen LogP contribution in [0.3, 0.4) is 0 Å². The Bertz CT molecular complexity index is 689. The first-order valence-electron chi connectivity index (χ1n) is 8.59. The van der Waals surface area contributed by atoms with Crippen LogP contribution in [0.1, 0.15) is 41.5 Å². The Balaban J connectivity index is 1.71. The van der Waals surface area contributed by atoms with Gasteiger partial charge in [-0.3, -0.25) is 4.90 Å². The molecule has 0 spiro atoms. The summed E-state index contributed by atoms with van der Waals surface area (Å²) in [5.74, 6) is 0.994. The van der Waals surface area contributed by atoms with E-state index in [0.717, 1.165) is 43.3 Å². The van der Waals surface area contributed by atoms with E-state index in [1.165, 1.54) is 16.7 Å². The lowest BCUT2D eigenvalue weighted by molar-refractivity contribution is 0.0404. The number of benzene rings is 1. The van der Waals surface area contributed by atoms with Crippen LogP contribution in [0.4, 0.5) is 0 Å². The van der Waals surface area contributed by atoms with Crippen LogP contribution >= 0.6 is 11.6 Å². The van der Waals surface area contributed by atoms with Gasteiger partial charge in [-0.25, -0.2) is 4.98 Å². The Labute approximate surface area is 149 Å². The van der Waals surface area contributed by atoms with E-state index in [4.69, 9.17) is 11.6 Å². The molecule has 2 heterocycles. The Hall–Kier alpha value is -1.36. The van der Waals surface area contributed by atoms with Crippen molar-refractivity contribution in [3.63, 3.8) is 0 Å². The van der Waals surface area contributed by atoms with Crippen LogP contribution in [0.2, 0.25) is 5.02 Å². The molecular formula is C19H26ClN3O. The minimum absolute atomic E-state index is 0.229. The number of rotatable bonds is 4. The molecular weight excluding hydrogens is 322 g/mol. The summed E-state index contributed by atoms with van der Waals surface area (Å²) in [7, 11) is 1.94. The lowest BCUT2D eigenvalue weighted by Crippen LogP contribution is -2.38. The van der Waals surface area contributed by atoms with Gasteiger partial charge in [0.15, 0.2) is 0 Å². The van der Waals surface area contributed by atoms with E-state index >= 15 is 0 Å². The maximum atomic E-state index is 10.7. The number of hydrogen-bond donors (Lipinski definition) is 1. The minimum atomic E-state index is -0.500. The van der Waals surface area contributed by atoms with Gasteiger partial charge in [-0.2, -0.15) is 0 Å². The summed E-state index contributed by atoms with van der Waals surface area (Å²) >= 11 is 6.15. The van der Waals surface area contributed by atoms with Gasteiger partial charge in [0.2, 0.25) is 0 Å². The highest BCUT2D eigenvalue weighted by Crippen LogP contribution is 2.30. The number of likely N-dealkylation sites (tertiary alicyclic amines) is 1. The van der Waals surface area contributed by atoms with Crippen LogP contribution in [0, 0.1) is 19.8 Å². The van der Waals surface area contributed by atoms with Crippen molar-refractivity contribution in [1.29, 1.82) is 0 Å². The number of halogens is 1. The van der Waals surface area contributed by atoms with E-state index in [2.05, 4.69) is 23.7 Å². The summed E-state index contributed by atoms with van der Waals surface area (Å²) < 4.78 is 1.91. The fourth-order valence-electron chi connectivity index (χ4n) is 3.78. The molecule has 1 N–H and O–H groups in total. The second-order valence-corrected chi connectivity index (χ2v) is 7.43. The van der Waals surface area contributed by atoms with Crippen molar-refractivity contribution in [3.05, 3.63) is 52.1 Å². The molecule has 1 saturated heterocycles. The molecule has 5 heteroatoms. The Morgan fingerprint density at radius 1 is 1.33 bits per heavy atom. The summed E-state index contributed by atoms with van der Waals surface area (Å²) in [6.45, 7) is 7.14. The zero-order valence-electron chi connectivity index (χ0n) is 14.7. The van der Waals surface area contributed by atoms with E-state index in [1.54, 1.807) is 6.20 Å². The average molecular weight is 348 g/mol. The second-order valence-electron chi connectivity index (χ2n) is 7.00. The van der Waals surface area contributed by atoms with Gasteiger partial charge >= 0.3 is 0 Å². The van der Waals surface area contributed by atoms with Gasteiger partial charge in [-0.1, -0.05) is 11.6 Å². The van der Waals surface area contributed by atoms with Crippen molar-refractivity contribution >= 4 is 11.6 Å². The van der Waals surface area contributed by atoms with Crippen LogP contribution in [0.15, 0.2) is 24.5 Å². The van der Waals surface area contributed by atoms with E-state index in [9.17, 15) is 5.11 Å². The number of imidazole rings is 1. The van der Waals surface area contributed by atoms with Gasteiger partial charge in [0.25, 0.3) is 0 Å². The first-order chi connectivity index (χ1) is 11.5. The highest BCUT2D eigenvalue weighted by atomic mass is 35.5. The van der Waals surface area contributed by atoms with Gasteiger partial charge < -0.3 is 9.67 Å². The molecule has 1 aliphatic heterocycles. The van der Waals surface area contributed by atoms with Gasteiger partial charge in [0, 0.05) is 43.5 Å². The molecule has 0 amide bonds. The molecule has 1 fully saturated rings. The van der Waals surface area contributed by atoms with Crippen molar-refractivity contribution in [2.24, 2.45) is 13.0 Å². The van der Waals surface area contributed by atoms with Crippen molar-refractivity contribution in [1.82, 2.24) is 14.5 Å². The molecule has 4 nitrogen and oxygen atoms in total. The molecule has 130 valence electrons. The first kappa shape index (κ1) is 17.5. The summed E-state index contributed by atoms with van der Waals surface area (Å²) in [5, 5.41) is 11.5. The standard InChI is InChI=1S/C19H26ClN3O/c1-13-9-16(20)10-14(2)17(13)12-23-7-4-5-15(11-23)18(24)19-21-6-8-22(19)3/h6,8-10,15,18,24H,4-5,7,11-12H2,1-3H3. The minimum Gasteiger partial charge on any atom is -0.385 e. The lowest BCUT2D eigenvalue weighted by atomic mass is 9.91. The highest BCUT2D eigenvalue weighted by molar-refractivity contribution is 6.30. The third-order valence-electron chi connectivity index (χ3n) is 5.15. The number of aliphatic hydroxyl groups excluding tert-OH is 1. The number of nitrogens with zero attached hydrogens (tertiary/aromatic N) is 3. The van der Waals surface area contributed by atoms with Crippen LogP contribution in [0.5, 0.6) is 0 Å². The number of aryl methyl sites for hydroxylation is 3. The maximum Gasteiger partial charge on any atom is 0.137 e. The second kappa shape index (κ2) is 7.26. The van der Waals surface area contributed by atoms with E-state index in [0.29, 0.717) is 0 Å². The van der Waals surface area contributed by atoms with Gasteiger partial charge in [0.05, 0.1) is 0 Å². The molecule has 1 aromatic heterocycles. The third kappa shape index (κ3) is 3.66. The molecule has 0 radical (unpaired) electrons. The van der Waals surface area contributed by atoms with Crippen molar-refractivity contribution < 1.29 is 5.11 Å². The number of hydrogen-bond acceptors (Lipinski definition) is 3. The van der Waals surface area contributed by atoms with Crippen LogP contribution in [0.25, 0.3) is 0 Å². The molecule has 0 aliphatic carbocycles. The normalized spacial score (nSPS) is 20.3. The Morgan fingerprint density at radius 2 is 2.04 bits per heavy atom. The summed E-state index contributed by atoms with van der Waals surface area (Å²) in [6.07, 6.45) is 5.29. The molecule has 3 rings (SSSR count). The molecule has 0 saturated carbocycles. The Morgan fingerprint density at radius 3 is 2.67 bits per heavy atom. The predicted octanol–water partition coefficient (Wildman–Crippen LogP) is 3.64. The Kier molecular flexibility index (Phi) is 5.28. The van der Waals surface area contributed by atoms with Crippen molar-refractivity contribution in [3.8, 4) is 0 Å². The van der Waals surface area contributed by atoms with Gasteiger partial charge in [-0.05, 0) is 62.1 Å². The summed E-state index contributed by atoms with van der Waals surface area (Å²) in [4.78, 5) is 6.77. The van der Waals surface area contributed by atoms with Crippen molar-refractivity contribution in [2.45, 2.75) is 39.3 Å². The molecule has 2 unspecified atom stereocenters. The largest absolute Gasteiger partial charge is 0.385 e. The fraction of sp³-hybridized carbons (Fsp3) is 0.526. The summed E-state index contributed by atoms with van der Waals surface area (Å²) in [6, 6.07) is 4.07. The summed E-state index contributed by atoms with van der Waals surface area (Å²) in [5.41, 5.74) is 3.84. The first-order valence-corrected chi connectivity index (χ1v) is 8.96. The number of piperidine rings is 1. The molecule has 2 atom stereocenters. The van der Waals surface area contributed by atoms with E-state index in [1.807, 2.05) is 29.9 Å². The number of aromatic nitrogens is 2. The number of aliphatic hydroxyl groups is 1. The predicted molar refractivity (Wildman–Crippen MR) is 97.1 cm³/mol. The zero-order valence-corrected chi connectivity index (χ0v) is 15.4. The van der Waals surface area contributed by atoms with Gasteiger partial charge in [0.1, 0.15) is 11.9 Å². The molecule has 1 aromatic carbocycles. The van der Waals surface area contributed by atoms with Crippen LogP contribution in [-0.2, 0) is 13.6 Å². The molecule has 2 aromatic rings. The van der Waals surface area contributed by atoms with E-state index in [-0.39, 0.29) is 5.92 Å². The lowest BCUT2D eigenvalue weighted by Gasteiger charge is -2.35. The van der Waals surface area contributed by atoms with Gasteiger partial charge in [-0.15, -0.1) is 0 Å². The van der Waals surface area contributed by atoms with Crippen LogP contribution < -0.4 is 0 Å². The maximum absolute atomic E-state index is 10.7. The highest BCUT2D eigenvalue weighted by Gasteiger charge is 2.29. The molecule has 0 bridgehead atoms. The van der Waals surface area contributed by atoms with Crippen LogP contribution in [-0.4, -0.2) is 32.6 Å². The fourth-order valence-corrected chi connectivity index (χ4v) is 4.11. The molecule has 1 aliphatic rings. The van der Waals surface area contributed by atoms with E-state index < -0.39 is 6.10 Å². The smallest absolute Gasteiger partial charge is 0.137 e. The quantitative estimate of drug-likeness (QED) is 0.918. The SMILES string of the molecule is Cc1cc(Cl)cc(C)c1CN1CCCC(C(O)c2nccn2C)C1. The third-order valence-corrected chi connectivity index (χ3v) is 5.37. The van der Waals surface area contributed by atoms with Crippen molar-refractivity contribution in [2.75, 3.05) is 13.1 Å².